The van der Waals surface area contributed by atoms with Crippen molar-refractivity contribution in [2.45, 2.75) is 26.5 Å². The molecule has 7 heteroatoms. The molecule has 1 N–H and O–H groups in total. The van der Waals surface area contributed by atoms with E-state index in [2.05, 4.69) is 10.3 Å². The average Bonchev–Trinajstić information content (AvgIpc) is 2.69. The van der Waals surface area contributed by atoms with Gasteiger partial charge in [0, 0.05) is 13.7 Å². The molecule has 0 aromatic carbocycles. The molecule has 7 nitrogen and oxygen atoms in total. The van der Waals surface area contributed by atoms with Crippen LogP contribution in [-0.4, -0.2) is 46.4 Å². The summed E-state index contributed by atoms with van der Waals surface area (Å²) in [6.45, 7) is 3.82. The number of aromatic nitrogens is 3. The number of hydrogen-bond donors (Lipinski definition) is 1. The van der Waals surface area contributed by atoms with E-state index in [1.807, 2.05) is 6.92 Å². The molecule has 96 valence electrons. The van der Waals surface area contributed by atoms with E-state index >= 15 is 0 Å². The lowest BCUT2D eigenvalue weighted by Gasteiger charge is -2.06. The zero-order valence-electron chi connectivity index (χ0n) is 10.0. The Morgan fingerprint density at radius 2 is 2.24 bits per heavy atom. The topological polar surface area (TPSA) is 86.5 Å². The van der Waals surface area contributed by atoms with Crippen molar-refractivity contribution in [3.8, 4) is 0 Å². The molecule has 0 atom stereocenters. The van der Waals surface area contributed by atoms with E-state index in [1.165, 1.54) is 11.8 Å². The highest BCUT2D eigenvalue weighted by atomic mass is 16.5. The Bertz CT molecular complexity index is 364. The average molecular weight is 243 g/mol. The predicted molar refractivity (Wildman–Crippen MR) is 58.8 cm³/mol. The normalized spacial score (nSPS) is 10.7. The van der Waals surface area contributed by atoms with Gasteiger partial charge in [-0.05, 0) is 6.42 Å². The number of hydrogen-bond acceptors (Lipinski definition) is 5. The molecule has 1 rings (SSSR count). The first-order valence-electron chi connectivity index (χ1n) is 5.43. The summed E-state index contributed by atoms with van der Waals surface area (Å²) in [7, 11) is 1.50. The van der Waals surface area contributed by atoms with Crippen molar-refractivity contribution in [3.63, 3.8) is 0 Å². The number of nitrogens with zero attached hydrogens (tertiary/aromatic N) is 3. The van der Waals surface area contributed by atoms with Crippen LogP contribution in [0, 0.1) is 0 Å². The summed E-state index contributed by atoms with van der Waals surface area (Å²) in [5.74, 6) is -1.10. The van der Waals surface area contributed by atoms with Gasteiger partial charge in [0.1, 0.15) is 0 Å². The Kier molecular flexibility index (Phi) is 5.58. The second-order valence-electron chi connectivity index (χ2n) is 3.46. The number of carbonyl (C=O) groups is 1. The van der Waals surface area contributed by atoms with Crippen LogP contribution in [0.4, 0.5) is 0 Å². The fraction of sp³-hybridized carbons (Fsp3) is 0.700. The summed E-state index contributed by atoms with van der Waals surface area (Å²) < 4.78 is 11.8. The minimum atomic E-state index is -1.10. The first-order chi connectivity index (χ1) is 8.20. The number of rotatable bonds is 8. The third-order valence-electron chi connectivity index (χ3n) is 2.12. The SMILES string of the molecule is CCCOCCn1nnc(C(=O)O)c1COC. The maximum atomic E-state index is 10.9. The van der Waals surface area contributed by atoms with E-state index in [9.17, 15) is 4.79 Å². The molecular weight excluding hydrogens is 226 g/mol. The third kappa shape index (κ3) is 3.79. The molecule has 0 spiro atoms. The number of carboxylic acid groups (broad SMARTS) is 1. The van der Waals surface area contributed by atoms with Crippen LogP contribution in [0.2, 0.25) is 0 Å². The second-order valence-corrected chi connectivity index (χ2v) is 3.46. The molecular formula is C10H17N3O4. The van der Waals surface area contributed by atoms with Gasteiger partial charge in [-0.25, -0.2) is 9.48 Å². The highest BCUT2D eigenvalue weighted by molar-refractivity contribution is 5.86. The maximum Gasteiger partial charge on any atom is 0.358 e. The van der Waals surface area contributed by atoms with Crippen LogP contribution in [-0.2, 0) is 22.6 Å². The van der Waals surface area contributed by atoms with Gasteiger partial charge >= 0.3 is 5.97 Å². The van der Waals surface area contributed by atoms with Gasteiger partial charge in [-0.3, -0.25) is 0 Å². The third-order valence-corrected chi connectivity index (χ3v) is 2.12. The van der Waals surface area contributed by atoms with E-state index < -0.39 is 5.97 Å². The van der Waals surface area contributed by atoms with Gasteiger partial charge in [-0.2, -0.15) is 0 Å². The summed E-state index contributed by atoms with van der Waals surface area (Å²) in [6.07, 6.45) is 0.947. The van der Waals surface area contributed by atoms with Crippen LogP contribution in [0.5, 0.6) is 0 Å². The fourth-order valence-electron chi connectivity index (χ4n) is 1.36. The Balaban J connectivity index is 2.67. The summed E-state index contributed by atoms with van der Waals surface area (Å²) in [6, 6.07) is 0. The maximum absolute atomic E-state index is 10.9. The molecule has 1 aromatic heterocycles. The highest BCUT2D eigenvalue weighted by Gasteiger charge is 2.18. The van der Waals surface area contributed by atoms with Crippen molar-refractivity contribution in [1.29, 1.82) is 0 Å². The van der Waals surface area contributed by atoms with E-state index in [0.717, 1.165) is 6.42 Å². The Morgan fingerprint density at radius 1 is 1.47 bits per heavy atom. The lowest BCUT2D eigenvalue weighted by molar-refractivity contribution is 0.0684. The number of ether oxygens (including phenoxy) is 2. The molecule has 1 heterocycles. The van der Waals surface area contributed by atoms with Crippen molar-refractivity contribution < 1.29 is 19.4 Å². The zero-order valence-corrected chi connectivity index (χ0v) is 10.0. The van der Waals surface area contributed by atoms with Crippen molar-refractivity contribution in [1.82, 2.24) is 15.0 Å². The van der Waals surface area contributed by atoms with Gasteiger partial charge in [-0.15, -0.1) is 5.10 Å². The van der Waals surface area contributed by atoms with Gasteiger partial charge < -0.3 is 14.6 Å². The smallest absolute Gasteiger partial charge is 0.358 e. The van der Waals surface area contributed by atoms with Gasteiger partial charge in [-0.1, -0.05) is 12.1 Å². The van der Waals surface area contributed by atoms with E-state index in [0.29, 0.717) is 25.5 Å². The number of carboxylic acids is 1. The van der Waals surface area contributed by atoms with Crippen molar-refractivity contribution in [2.24, 2.45) is 0 Å². The Morgan fingerprint density at radius 3 is 2.82 bits per heavy atom. The van der Waals surface area contributed by atoms with Crippen LogP contribution in [0.25, 0.3) is 0 Å². The molecule has 0 amide bonds. The molecule has 0 unspecified atom stereocenters. The minimum absolute atomic E-state index is 0.0673. The van der Waals surface area contributed by atoms with Crippen LogP contribution in [0.1, 0.15) is 29.5 Å². The molecule has 17 heavy (non-hydrogen) atoms. The Hall–Kier alpha value is -1.47. The summed E-state index contributed by atoms with van der Waals surface area (Å²) in [4.78, 5) is 10.9. The van der Waals surface area contributed by atoms with Crippen LogP contribution < -0.4 is 0 Å². The second kappa shape index (κ2) is 6.97. The Labute approximate surface area is 99.3 Å². The predicted octanol–water partition coefficient (Wildman–Crippen LogP) is 0.549. The van der Waals surface area contributed by atoms with Gasteiger partial charge in [0.15, 0.2) is 5.69 Å². The van der Waals surface area contributed by atoms with Crippen molar-refractivity contribution in [3.05, 3.63) is 11.4 Å². The van der Waals surface area contributed by atoms with Gasteiger partial charge in [0.25, 0.3) is 0 Å². The molecule has 0 radical (unpaired) electrons. The molecule has 0 aliphatic carbocycles. The summed E-state index contributed by atoms with van der Waals surface area (Å²) in [5.41, 5.74) is 0.391. The first-order valence-corrected chi connectivity index (χ1v) is 5.43. The standard InChI is InChI=1S/C10H17N3O4/c1-3-5-17-6-4-13-8(7-16-2)9(10(14)15)11-12-13/h3-7H2,1-2H3,(H,14,15). The van der Waals surface area contributed by atoms with Crippen LogP contribution in [0.15, 0.2) is 0 Å². The summed E-state index contributed by atoms with van der Waals surface area (Å²) >= 11 is 0. The van der Waals surface area contributed by atoms with E-state index in [1.54, 1.807) is 0 Å². The van der Waals surface area contributed by atoms with Crippen molar-refractivity contribution >= 4 is 5.97 Å². The molecule has 0 saturated carbocycles. The minimum Gasteiger partial charge on any atom is -0.476 e. The molecule has 0 aliphatic heterocycles. The fourth-order valence-corrected chi connectivity index (χ4v) is 1.36. The van der Waals surface area contributed by atoms with E-state index in [4.69, 9.17) is 14.6 Å². The highest BCUT2D eigenvalue weighted by Crippen LogP contribution is 2.07. The number of methoxy groups -OCH3 is 1. The largest absolute Gasteiger partial charge is 0.476 e. The molecule has 0 fully saturated rings. The quantitative estimate of drug-likeness (QED) is 0.671. The van der Waals surface area contributed by atoms with Crippen LogP contribution in [0.3, 0.4) is 0 Å². The van der Waals surface area contributed by atoms with Gasteiger partial charge in [0.05, 0.1) is 25.5 Å². The molecule has 1 aromatic rings. The molecule has 0 saturated heterocycles. The first kappa shape index (κ1) is 13.6. The monoisotopic (exact) mass is 243 g/mol. The van der Waals surface area contributed by atoms with E-state index in [-0.39, 0.29) is 12.3 Å². The summed E-state index contributed by atoms with van der Waals surface area (Å²) in [5, 5.41) is 16.3. The zero-order chi connectivity index (χ0) is 12.7. The lowest BCUT2D eigenvalue weighted by atomic mass is 10.3. The molecule has 0 aliphatic rings. The lowest BCUT2D eigenvalue weighted by Crippen LogP contribution is -2.13. The van der Waals surface area contributed by atoms with Crippen LogP contribution >= 0.6 is 0 Å². The van der Waals surface area contributed by atoms with Crippen molar-refractivity contribution in [2.75, 3.05) is 20.3 Å². The van der Waals surface area contributed by atoms with Gasteiger partial charge in [0.2, 0.25) is 0 Å². The molecule has 0 bridgehead atoms. The number of aromatic carboxylic acids is 1.